The Bertz CT molecular complexity index is 161. The SMILES string of the molecule is C=CCS(=O)(=O)OO.[NaH]. The third-order valence-corrected chi connectivity index (χ3v) is 1.31. The van der Waals surface area contributed by atoms with Crippen LogP contribution in [0, 0.1) is 0 Å². The molecule has 0 aromatic rings. The maximum atomic E-state index is 10.1. The van der Waals surface area contributed by atoms with Gasteiger partial charge in [-0.3, -0.25) is 0 Å². The summed E-state index contributed by atoms with van der Waals surface area (Å²) in [7, 11) is -3.73. The average molecular weight is 162 g/mol. The van der Waals surface area contributed by atoms with Crippen LogP contribution in [0.15, 0.2) is 12.7 Å². The summed E-state index contributed by atoms with van der Waals surface area (Å²) in [4.78, 5) is 0. The first-order valence-corrected chi connectivity index (χ1v) is 3.37. The van der Waals surface area contributed by atoms with Crippen LogP contribution in [-0.4, -0.2) is 49.0 Å². The van der Waals surface area contributed by atoms with Gasteiger partial charge in [-0.15, -0.1) is 10.9 Å². The molecule has 0 aliphatic carbocycles. The minimum atomic E-state index is -3.73. The van der Waals surface area contributed by atoms with Crippen molar-refractivity contribution in [3.63, 3.8) is 0 Å². The summed E-state index contributed by atoms with van der Waals surface area (Å²) in [5.41, 5.74) is 0. The van der Waals surface area contributed by atoms with E-state index < -0.39 is 10.1 Å². The van der Waals surface area contributed by atoms with Crippen molar-refractivity contribution < 1.29 is 18.0 Å². The summed E-state index contributed by atoms with van der Waals surface area (Å²) in [6.45, 7) is 3.12. The van der Waals surface area contributed by atoms with E-state index in [1.54, 1.807) is 0 Å². The molecule has 0 aliphatic heterocycles. The van der Waals surface area contributed by atoms with Crippen LogP contribution in [0.4, 0.5) is 0 Å². The van der Waals surface area contributed by atoms with Crippen molar-refractivity contribution >= 4 is 39.7 Å². The zero-order valence-corrected chi connectivity index (χ0v) is 4.89. The van der Waals surface area contributed by atoms with Gasteiger partial charge >= 0.3 is 29.6 Å². The molecular weight excluding hydrogens is 155 g/mol. The molecule has 0 aliphatic rings. The molecule has 0 aromatic carbocycles. The second-order valence-electron chi connectivity index (χ2n) is 1.09. The van der Waals surface area contributed by atoms with E-state index in [0.29, 0.717) is 0 Å². The van der Waals surface area contributed by atoms with Gasteiger partial charge < -0.3 is 0 Å². The summed E-state index contributed by atoms with van der Waals surface area (Å²) in [6.07, 6.45) is 1.12. The summed E-state index contributed by atoms with van der Waals surface area (Å²) in [5.74, 6) is -0.372. The maximum absolute atomic E-state index is 10.1. The van der Waals surface area contributed by atoms with Gasteiger partial charge in [-0.2, -0.15) is 8.42 Å². The van der Waals surface area contributed by atoms with Crippen molar-refractivity contribution in [1.29, 1.82) is 0 Å². The molecule has 0 saturated heterocycles. The van der Waals surface area contributed by atoms with Crippen molar-refractivity contribution in [3.8, 4) is 0 Å². The summed E-state index contributed by atoms with van der Waals surface area (Å²) in [6, 6.07) is 0. The zero-order chi connectivity index (χ0) is 6.62. The number of hydrogen-bond acceptors (Lipinski definition) is 4. The molecule has 4 nitrogen and oxygen atoms in total. The Morgan fingerprint density at radius 3 is 2.22 bits per heavy atom. The van der Waals surface area contributed by atoms with Crippen LogP contribution in [0.25, 0.3) is 0 Å². The summed E-state index contributed by atoms with van der Waals surface area (Å²) < 4.78 is 23.2. The molecule has 0 radical (unpaired) electrons. The predicted octanol–water partition coefficient (Wildman–Crippen LogP) is -0.657. The Morgan fingerprint density at radius 1 is 1.67 bits per heavy atom. The van der Waals surface area contributed by atoms with Crippen LogP contribution >= 0.6 is 0 Å². The molecule has 0 unspecified atom stereocenters. The van der Waals surface area contributed by atoms with Crippen LogP contribution in [0.5, 0.6) is 0 Å². The van der Waals surface area contributed by atoms with Gasteiger partial charge in [-0.05, 0) is 0 Å². The molecular formula is C3H7NaO4S. The van der Waals surface area contributed by atoms with E-state index >= 15 is 0 Å². The van der Waals surface area contributed by atoms with E-state index in [1.807, 2.05) is 0 Å². The minimum absolute atomic E-state index is 0. The Kier molecular flexibility index (Phi) is 7.38. The van der Waals surface area contributed by atoms with Crippen LogP contribution in [-0.2, 0) is 14.5 Å². The van der Waals surface area contributed by atoms with E-state index in [2.05, 4.69) is 10.9 Å². The summed E-state index contributed by atoms with van der Waals surface area (Å²) in [5, 5.41) is 7.59. The van der Waals surface area contributed by atoms with Gasteiger partial charge in [0.1, 0.15) is 0 Å². The Hall–Kier alpha value is 0.610. The molecule has 0 atom stereocenters. The van der Waals surface area contributed by atoms with E-state index in [1.165, 1.54) is 0 Å². The fraction of sp³-hybridized carbons (Fsp3) is 0.333. The average Bonchev–Trinajstić information content (AvgIpc) is 1.67. The topological polar surface area (TPSA) is 63.6 Å². The van der Waals surface area contributed by atoms with Crippen molar-refractivity contribution in [2.45, 2.75) is 0 Å². The van der Waals surface area contributed by atoms with E-state index in [-0.39, 0.29) is 35.3 Å². The first-order valence-electron chi connectivity index (χ1n) is 1.79. The first-order chi connectivity index (χ1) is 3.62. The van der Waals surface area contributed by atoms with Crippen molar-refractivity contribution in [2.75, 3.05) is 5.75 Å². The third-order valence-electron chi connectivity index (χ3n) is 0.436. The standard InChI is InChI=1S/C3H6O4S.Na.H/c1-2-3-8(5,6)7-4;;/h2,4H,1,3H2;;. The molecule has 0 bridgehead atoms. The molecule has 0 fully saturated rings. The number of rotatable bonds is 3. The molecule has 0 spiro atoms. The Labute approximate surface area is 75.9 Å². The molecule has 1 N–H and O–H groups in total. The van der Waals surface area contributed by atoms with Crippen molar-refractivity contribution in [1.82, 2.24) is 0 Å². The Balaban J connectivity index is 0. The Morgan fingerprint density at radius 2 is 2.11 bits per heavy atom. The van der Waals surface area contributed by atoms with Gasteiger partial charge in [0.2, 0.25) is 0 Å². The molecule has 0 rings (SSSR count). The third kappa shape index (κ3) is 6.50. The van der Waals surface area contributed by atoms with Crippen LogP contribution in [0.3, 0.4) is 0 Å². The number of hydrogen-bond donors (Lipinski definition) is 1. The molecule has 6 heteroatoms. The fourth-order valence-corrected chi connectivity index (χ4v) is 0.524. The van der Waals surface area contributed by atoms with Crippen molar-refractivity contribution in [2.24, 2.45) is 0 Å². The van der Waals surface area contributed by atoms with Gasteiger partial charge in [-0.1, -0.05) is 6.08 Å². The molecule has 0 saturated carbocycles. The predicted molar refractivity (Wildman–Crippen MR) is 34.8 cm³/mol. The van der Waals surface area contributed by atoms with Gasteiger partial charge in [0.15, 0.2) is 0 Å². The van der Waals surface area contributed by atoms with E-state index in [4.69, 9.17) is 5.26 Å². The van der Waals surface area contributed by atoms with Gasteiger partial charge in [0, 0.05) is 0 Å². The second kappa shape index (κ2) is 5.40. The van der Waals surface area contributed by atoms with Gasteiger partial charge in [0.25, 0.3) is 10.1 Å². The molecule has 50 valence electrons. The quantitative estimate of drug-likeness (QED) is 0.259. The molecule has 9 heavy (non-hydrogen) atoms. The fourth-order valence-electron chi connectivity index (χ4n) is 0.175. The van der Waals surface area contributed by atoms with Crippen LogP contribution < -0.4 is 0 Å². The molecule has 0 amide bonds. The molecule has 0 heterocycles. The summed E-state index contributed by atoms with van der Waals surface area (Å²) >= 11 is 0. The first kappa shape index (κ1) is 12.3. The van der Waals surface area contributed by atoms with Crippen molar-refractivity contribution in [3.05, 3.63) is 12.7 Å². The van der Waals surface area contributed by atoms with Gasteiger partial charge in [0.05, 0.1) is 5.75 Å². The van der Waals surface area contributed by atoms with Crippen LogP contribution in [0.1, 0.15) is 0 Å². The normalized spacial score (nSPS) is 9.89. The monoisotopic (exact) mass is 162 g/mol. The van der Waals surface area contributed by atoms with Crippen LogP contribution in [0.2, 0.25) is 0 Å². The van der Waals surface area contributed by atoms with Gasteiger partial charge in [-0.25, -0.2) is 5.26 Å². The zero-order valence-electron chi connectivity index (χ0n) is 4.07. The van der Waals surface area contributed by atoms with E-state index in [9.17, 15) is 8.42 Å². The van der Waals surface area contributed by atoms with E-state index in [0.717, 1.165) is 6.08 Å². The second-order valence-corrected chi connectivity index (χ2v) is 2.69. The molecule has 0 aromatic heterocycles.